The van der Waals surface area contributed by atoms with Crippen molar-refractivity contribution >= 4 is 11.8 Å². The SMILES string of the molecule is CN1C(=O)[C@H](F)C[C@]2(C)[C@H]3CC[C@]4(C)[C@@H](C(=O)NCc5ccccc5C(F)(F)F)CC[C@H]4[C@@H]3CC[C@@H]12. The molecular weight excluding hydrogens is 472 g/mol. The average Bonchev–Trinajstić information content (AvgIpc) is 3.18. The Morgan fingerprint density at radius 3 is 2.47 bits per heavy atom. The van der Waals surface area contributed by atoms with E-state index < -0.39 is 23.8 Å². The lowest BCUT2D eigenvalue weighted by atomic mass is 9.46. The quantitative estimate of drug-likeness (QED) is 0.529. The highest BCUT2D eigenvalue weighted by Crippen LogP contribution is 2.66. The number of carbonyl (C=O) groups excluding carboxylic acids is 2. The van der Waals surface area contributed by atoms with E-state index in [1.54, 1.807) is 18.0 Å². The first kappa shape index (κ1) is 25.5. The van der Waals surface area contributed by atoms with E-state index in [9.17, 15) is 27.2 Å². The van der Waals surface area contributed by atoms with Gasteiger partial charge in [0.2, 0.25) is 5.91 Å². The monoisotopic (exact) mass is 508 g/mol. The van der Waals surface area contributed by atoms with Gasteiger partial charge in [0.05, 0.1) is 5.56 Å². The van der Waals surface area contributed by atoms with Crippen LogP contribution in [0, 0.1) is 34.5 Å². The summed E-state index contributed by atoms with van der Waals surface area (Å²) in [4.78, 5) is 27.3. The topological polar surface area (TPSA) is 49.4 Å². The Balaban J connectivity index is 1.31. The summed E-state index contributed by atoms with van der Waals surface area (Å²) >= 11 is 0. The molecule has 1 aromatic rings. The molecule has 0 unspecified atom stereocenters. The summed E-state index contributed by atoms with van der Waals surface area (Å²) < 4.78 is 54.9. The third-order valence-corrected chi connectivity index (χ3v) is 10.6. The Bertz CT molecular complexity index is 1040. The summed E-state index contributed by atoms with van der Waals surface area (Å²) in [5.41, 5.74) is -1.13. The Kier molecular flexibility index (Phi) is 6.19. The van der Waals surface area contributed by atoms with Crippen LogP contribution in [0.1, 0.15) is 69.9 Å². The zero-order valence-corrected chi connectivity index (χ0v) is 21.2. The van der Waals surface area contributed by atoms with Crippen molar-refractivity contribution in [3.63, 3.8) is 0 Å². The van der Waals surface area contributed by atoms with Crippen molar-refractivity contribution in [3.05, 3.63) is 35.4 Å². The number of carbonyl (C=O) groups is 2. The van der Waals surface area contributed by atoms with E-state index >= 15 is 0 Å². The number of nitrogens with one attached hydrogen (secondary N) is 1. The minimum Gasteiger partial charge on any atom is -0.352 e. The molecule has 8 heteroatoms. The van der Waals surface area contributed by atoms with Crippen LogP contribution in [0.3, 0.4) is 0 Å². The van der Waals surface area contributed by atoms with Crippen LogP contribution < -0.4 is 5.32 Å². The molecule has 1 saturated heterocycles. The Morgan fingerprint density at radius 1 is 1.06 bits per heavy atom. The second-order valence-electron chi connectivity index (χ2n) is 12.1. The first-order chi connectivity index (χ1) is 16.9. The highest BCUT2D eigenvalue weighted by atomic mass is 19.4. The summed E-state index contributed by atoms with van der Waals surface area (Å²) in [7, 11) is 1.73. The van der Waals surface area contributed by atoms with Gasteiger partial charge in [0, 0.05) is 25.6 Å². The van der Waals surface area contributed by atoms with Crippen molar-refractivity contribution in [2.45, 2.75) is 83.7 Å². The fraction of sp³-hybridized carbons (Fsp3) is 0.714. The van der Waals surface area contributed by atoms with Crippen molar-refractivity contribution < 1.29 is 27.2 Å². The number of likely N-dealkylation sites (tertiary alicyclic amines) is 1. The van der Waals surface area contributed by atoms with Crippen LogP contribution in [0.4, 0.5) is 17.6 Å². The molecular formula is C28H36F4N2O2. The van der Waals surface area contributed by atoms with E-state index in [0.29, 0.717) is 17.8 Å². The molecule has 36 heavy (non-hydrogen) atoms. The number of halogens is 4. The Hall–Kier alpha value is -2.12. The first-order valence-electron chi connectivity index (χ1n) is 13.2. The smallest absolute Gasteiger partial charge is 0.352 e. The highest BCUT2D eigenvalue weighted by Gasteiger charge is 2.63. The lowest BCUT2D eigenvalue weighted by Crippen LogP contribution is -2.64. The van der Waals surface area contributed by atoms with Crippen molar-refractivity contribution in [3.8, 4) is 0 Å². The van der Waals surface area contributed by atoms with Crippen LogP contribution >= 0.6 is 0 Å². The van der Waals surface area contributed by atoms with E-state index in [-0.39, 0.29) is 47.2 Å². The minimum absolute atomic E-state index is 0.0526. The maximum atomic E-state index is 14.7. The van der Waals surface area contributed by atoms with E-state index in [2.05, 4.69) is 19.2 Å². The molecule has 3 saturated carbocycles. The number of hydrogen-bond donors (Lipinski definition) is 1. The summed E-state index contributed by atoms with van der Waals surface area (Å²) in [5.74, 6) is 0.208. The Morgan fingerprint density at radius 2 is 1.75 bits per heavy atom. The van der Waals surface area contributed by atoms with Gasteiger partial charge in [-0.1, -0.05) is 32.0 Å². The van der Waals surface area contributed by atoms with E-state index in [0.717, 1.165) is 44.6 Å². The largest absolute Gasteiger partial charge is 0.416 e. The number of amides is 2. The summed E-state index contributed by atoms with van der Waals surface area (Å²) in [6, 6.07) is 5.42. The molecule has 1 aromatic carbocycles. The molecule has 1 heterocycles. The normalized spacial score (nSPS) is 40.3. The van der Waals surface area contributed by atoms with Gasteiger partial charge in [0.1, 0.15) is 0 Å². The molecule has 5 rings (SSSR count). The number of rotatable bonds is 3. The summed E-state index contributed by atoms with van der Waals surface area (Å²) in [6.45, 7) is 4.19. The number of nitrogens with zero attached hydrogens (tertiary/aromatic N) is 1. The lowest BCUT2D eigenvalue weighted by Gasteiger charge is -2.62. The number of hydrogen-bond acceptors (Lipinski definition) is 2. The van der Waals surface area contributed by atoms with Crippen LogP contribution in [0.5, 0.6) is 0 Å². The fourth-order valence-corrected chi connectivity index (χ4v) is 8.89. The molecule has 3 aliphatic carbocycles. The highest BCUT2D eigenvalue weighted by molar-refractivity contribution is 5.82. The lowest BCUT2D eigenvalue weighted by molar-refractivity contribution is -0.169. The maximum Gasteiger partial charge on any atom is 0.416 e. The van der Waals surface area contributed by atoms with Crippen LogP contribution in [-0.2, 0) is 22.3 Å². The predicted octanol–water partition coefficient (Wildman–Crippen LogP) is 5.75. The predicted molar refractivity (Wildman–Crippen MR) is 127 cm³/mol. The second kappa shape index (κ2) is 8.73. The maximum absolute atomic E-state index is 14.7. The molecule has 0 radical (unpaired) electrons. The number of fused-ring (bicyclic) bond motifs is 5. The molecule has 2 amide bonds. The third-order valence-electron chi connectivity index (χ3n) is 10.6. The standard InChI is InChI=1S/C28H36F4N2O2/c1-26-13-12-20-17(8-11-23-27(20,2)14-22(29)25(36)34(23)3)19(26)9-10-21(26)24(35)33-15-16-6-4-5-7-18(16)28(30,31)32/h4-7,17,19-23H,8-15H2,1-3H3,(H,33,35)/t17-,19-,20-,21+,22+,23+,26-,27+/m0/s1. The summed E-state index contributed by atoms with van der Waals surface area (Å²) in [6.07, 6.45) is -0.469. The molecule has 198 valence electrons. The van der Waals surface area contributed by atoms with Gasteiger partial charge < -0.3 is 10.2 Å². The van der Waals surface area contributed by atoms with Crippen molar-refractivity contribution in [1.82, 2.24) is 10.2 Å². The molecule has 1 N–H and O–H groups in total. The van der Waals surface area contributed by atoms with Crippen molar-refractivity contribution in [2.24, 2.45) is 34.5 Å². The van der Waals surface area contributed by atoms with Crippen LogP contribution in [0.15, 0.2) is 24.3 Å². The second-order valence-corrected chi connectivity index (χ2v) is 12.1. The molecule has 0 aromatic heterocycles. The van der Waals surface area contributed by atoms with Gasteiger partial charge in [0.15, 0.2) is 6.17 Å². The van der Waals surface area contributed by atoms with Crippen molar-refractivity contribution in [1.29, 1.82) is 0 Å². The fourth-order valence-electron chi connectivity index (χ4n) is 8.89. The number of benzene rings is 1. The Labute approximate surface area is 210 Å². The molecule has 4 nitrogen and oxygen atoms in total. The first-order valence-corrected chi connectivity index (χ1v) is 13.2. The molecule has 0 bridgehead atoms. The third kappa shape index (κ3) is 3.85. The van der Waals surface area contributed by atoms with Crippen LogP contribution in [0.25, 0.3) is 0 Å². The molecule has 8 atom stereocenters. The molecule has 4 fully saturated rings. The van der Waals surface area contributed by atoms with Crippen LogP contribution in [0.2, 0.25) is 0 Å². The van der Waals surface area contributed by atoms with Gasteiger partial charge in [-0.25, -0.2) is 4.39 Å². The average molecular weight is 509 g/mol. The van der Waals surface area contributed by atoms with Crippen molar-refractivity contribution in [2.75, 3.05) is 7.05 Å². The van der Waals surface area contributed by atoms with E-state index in [1.165, 1.54) is 12.1 Å². The number of alkyl halides is 4. The summed E-state index contributed by atoms with van der Waals surface area (Å²) in [5, 5.41) is 2.82. The van der Waals surface area contributed by atoms with E-state index in [1.807, 2.05) is 0 Å². The van der Waals surface area contributed by atoms with Gasteiger partial charge >= 0.3 is 6.18 Å². The molecule has 1 aliphatic heterocycles. The van der Waals surface area contributed by atoms with Gasteiger partial charge in [-0.3, -0.25) is 9.59 Å². The van der Waals surface area contributed by atoms with E-state index in [4.69, 9.17) is 0 Å². The number of piperidine rings is 1. The zero-order chi connectivity index (χ0) is 26.0. The zero-order valence-electron chi connectivity index (χ0n) is 21.2. The molecule has 4 aliphatic rings. The van der Waals surface area contributed by atoms with Gasteiger partial charge in [-0.15, -0.1) is 0 Å². The van der Waals surface area contributed by atoms with Gasteiger partial charge in [0.25, 0.3) is 5.91 Å². The van der Waals surface area contributed by atoms with Gasteiger partial charge in [-0.05, 0) is 85.2 Å². The van der Waals surface area contributed by atoms with Gasteiger partial charge in [-0.2, -0.15) is 13.2 Å². The minimum atomic E-state index is -4.46. The molecule has 0 spiro atoms. The van der Waals surface area contributed by atoms with Crippen LogP contribution in [-0.4, -0.2) is 36.0 Å².